The molecule has 1 heterocycles. The third kappa shape index (κ3) is 9.67. The largest absolute Gasteiger partial charge is 0.464 e. The summed E-state index contributed by atoms with van der Waals surface area (Å²) in [5.41, 5.74) is 0. The molecule has 1 saturated heterocycles. The van der Waals surface area contributed by atoms with E-state index in [1.54, 1.807) is 30.3 Å². The normalized spacial score (nSPS) is 24.0. The molecule has 1 aromatic carbocycles. The van der Waals surface area contributed by atoms with Crippen LogP contribution in [0.25, 0.3) is 0 Å². The van der Waals surface area contributed by atoms with Gasteiger partial charge in [0.1, 0.15) is 24.1 Å². The van der Waals surface area contributed by atoms with Crippen LogP contribution in [0.4, 0.5) is 0 Å². The SMILES string of the molecule is COC(=O)[C@@]1(OC(C)=O)OC([C@H](OC(C)=O)[C@@H](COC(C)=O)OC(C)=O)[C@H](NC(C)=O)[C@@H](OC(C)=O)C1Sc1ccccc1. The highest BCUT2D eigenvalue weighted by Crippen LogP contribution is 2.45. The lowest BCUT2D eigenvalue weighted by molar-refractivity contribution is -0.300. The Balaban J connectivity index is 2.94. The van der Waals surface area contributed by atoms with Crippen molar-refractivity contribution >= 4 is 53.5 Å². The first kappa shape index (κ1) is 36.0. The van der Waals surface area contributed by atoms with Gasteiger partial charge >= 0.3 is 41.6 Å². The summed E-state index contributed by atoms with van der Waals surface area (Å²) in [6.07, 6.45) is -6.67. The first-order valence-electron chi connectivity index (χ1n) is 13.2. The number of hydrogen-bond donors (Lipinski definition) is 1. The third-order valence-corrected chi connectivity index (χ3v) is 7.27. The quantitative estimate of drug-likeness (QED) is 0.249. The van der Waals surface area contributed by atoms with Crippen LogP contribution in [0.5, 0.6) is 0 Å². The van der Waals surface area contributed by atoms with E-state index in [-0.39, 0.29) is 0 Å². The van der Waals surface area contributed by atoms with Crippen LogP contribution in [-0.2, 0) is 66.7 Å². The van der Waals surface area contributed by atoms with Crippen molar-refractivity contribution in [3.63, 3.8) is 0 Å². The number of ether oxygens (including phenoxy) is 7. The number of thioether (sulfide) groups is 1. The van der Waals surface area contributed by atoms with Crippen LogP contribution in [0.2, 0.25) is 0 Å². The maximum Gasteiger partial charge on any atom is 0.381 e. The monoisotopic (exact) mass is 641 g/mol. The molecule has 0 saturated carbocycles. The van der Waals surface area contributed by atoms with Crippen LogP contribution in [0.15, 0.2) is 35.2 Å². The van der Waals surface area contributed by atoms with E-state index in [9.17, 15) is 33.6 Å². The van der Waals surface area contributed by atoms with Gasteiger partial charge < -0.3 is 38.5 Å². The van der Waals surface area contributed by atoms with Gasteiger partial charge in [0.2, 0.25) is 5.91 Å². The Hall–Kier alpha value is -4.18. The molecule has 1 aliphatic heterocycles. The molecule has 1 aliphatic rings. The van der Waals surface area contributed by atoms with Gasteiger partial charge in [-0.3, -0.25) is 28.8 Å². The van der Waals surface area contributed by atoms with Crippen molar-refractivity contribution in [1.82, 2.24) is 5.32 Å². The average Bonchev–Trinajstić information content (AvgIpc) is 2.91. The van der Waals surface area contributed by atoms with Crippen molar-refractivity contribution in [2.24, 2.45) is 0 Å². The molecule has 1 fully saturated rings. The fourth-order valence-electron chi connectivity index (χ4n) is 4.52. The minimum Gasteiger partial charge on any atom is -0.464 e. The number of carbonyl (C=O) groups is 7. The molecule has 0 bridgehead atoms. The second kappa shape index (κ2) is 16.0. The number of benzene rings is 1. The van der Waals surface area contributed by atoms with E-state index in [1.165, 1.54) is 0 Å². The van der Waals surface area contributed by atoms with Gasteiger partial charge in [-0.25, -0.2) is 4.79 Å². The molecule has 2 rings (SSSR count). The zero-order valence-corrected chi connectivity index (χ0v) is 26.0. The van der Waals surface area contributed by atoms with Crippen LogP contribution >= 0.6 is 11.8 Å². The van der Waals surface area contributed by atoms with Gasteiger partial charge in [0.25, 0.3) is 0 Å². The standard InChI is InChI=1S/C28H35NO14S/c1-14(30)29-22-24(23(40-17(4)33)21(39-16(3)32)13-38-15(2)31)43-28(27(36)37-7,42-19(6)35)26(25(22)41-18(5)34)44-20-11-9-8-10-12-20/h8-12,21-26H,13H2,1-7H3,(H,29,30)/t21-,22+,23-,24?,25-,26?,28+/m1/s1. The summed E-state index contributed by atoms with van der Waals surface area (Å²) in [5.74, 6) is -9.14. The second-order valence-electron chi connectivity index (χ2n) is 9.51. The molecular formula is C28H35NO14S. The number of amides is 1. The summed E-state index contributed by atoms with van der Waals surface area (Å²) >= 11 is 0.905. The van der Waals surface area contributed by atoms with Crippen LogP contribution in [0.3, 0.4) is 0 Å². The van der Waals surface area contributed by atoms with Gasteiger partial charge in [0.15, 0.2) is 12.2 Å². The van der Waals surface area contributed by atoms with Crippen LogP contribution < -0.4 is 5.32 Å². The number of rotatable bonds is 12. The van der Waals surface area contributed by atoms with Crippen molar-refractivity contribution in [2.45, 2.75) is 87.9 Å². The lowest BCUT2D eigenvalue weighted by Crippen LogP contribution is -2.74. The van der Waals surface area contributed by atoms with Crippen molar-refractivity contribution < 1.29 is 66.7 Å². The van der Waals surface area contributed by atoms with E-state index in [0.717, 1.165) is 60.4 Å². The molecular weight excluding hydrogens is 606 g/mol. The highest BCUT2D eigenvalue weighted by Gasteiger charge is 2.66. The number of hydrogen-bond acceptors (Lipinski definition) is 15. The van der Waals surface area contributed by atoms with Crippen LogP contribution in [0.1, 0.15) is 41.5 Å². The molecule has 2 unspecified atom stereocenters. The second-order valence-corrected chi connectivity index (χ2v) is 10.7. The minimum absolute atomic E-state index is 0.503. The molecule has 242 valence electrons. The predicted octanol–water partition coefficient (Wildman–Crippen LogP) is 0.841. The van der Waals surface area contributed by atoms with Crippen molar-refractivity contribution in [3.8, 4) is 0 Å². The minimum atomic E-state index is -2.71. The molecule has 0 aliphatic carbocycles. The summed E-state index contributed by atoms with van der Waals surface area (Å²) in [7, 11) is 0.989. The van der Waals surface area contributed by atoms with Crippen LogP contribution in [-0.4, -0.2) is 96.9 Å². The van der Waals surface area contributed by atoms with Gasteiger partial charge in [0, 0.05) is 46.4 Å². The fraction of sp³-hybridized carbons (Fsp3) is 0.536. The third-order valence-electron chi connectivity index (χ3n) is 5.90. The molecule has 0 spiro atoms. The van der Waals surface area contributed by atoms with Gasteiger partial charge in [-0.1, -0.05) is 18.2 Å². The molecule has 7 atom stereocenters. The molecule has 0 radical (unpaired) electrons. The highest BCUT2D eigenvalue weighted by atomic mass is 32.2. The summed E-state index contributed by atoms with van der Waals surface area (Å²) in [5, 5.41) is 1.14. The Kier molecular flexibility index (Phi) is 13.1. The molecule has 44 heavy (non-hydrogen) atoms. The number of methoxy groups -OCH3 is 1. The van der Waals surface area contributed by atoms with Gasteiger partial charge in [0.05, 0.1) is 13.2 Å². The van der Waals surface area contributed by atoms with Gasteiger partial charge in [-0.05, 0) is 12.1 Å². The summed E-state index contributed by atoms with van der Waals surface area (Å²) in [6.45, 7) is 5.64. The first-order chi connectivity index (χ1) is 20.6. The van der Waals surface area contributed by atoms with Gasteiger partial charge in [-0.2, -0.15) is 0 Å². The van der Waals surface area contributed by atoms with E-state index in [2.05, 4.69) is 5.32 Å². The fourth-order valence-corrected chi connectivity index (χ4v) is 5.84. The Labute approximate surface area is 257 Å². The van der Waals surface area contributed by atoms with E-state index >= 15 is 0 Å². The summed E-state index contributed by atoms with van der Waals surface area (Å²) < 4.78 is 38.3. The van der Waals surface area contributed by atoms with E-state index in [0.29, 0.717) is 4.90 Å². The maximum atomic E-state index is 13.6. The van der Waals surface area contributed by atoms with Crippen molar-refractivity contribution in [3.05, 3.63) is 30.3 Å². The zero-order chi connectivity index (χ0) is 33.2. The van der Waals surface area contributed by atoms with Crippen molar-refractivity contribution in [1.29, 1.82) is 0 Å². The predicted molar refractivity (Wildman–Crippen MR) is 148 cm³/mol. The summed E-state index contributed by atoms with van der Waals surface area (Å²) in [4.78, 5) is 87.8. The maximum absolute atomic E-state index is 13.6. The van der Waals surface area contributed by atoms with E-state index in [4.69, 9.17) is 33.2 Å². The Bertz CT molecular complexity index is 1240. The molecule has 1 amide bonds. The number of carbonyl (C=O) groups excluding carboxylic acids is 7. The van der Waals surface area contributed by atoms with Gasteiger partial charge in [-0.15, -0.1) is 11.8 Å². The smallest absolute Gasteiger partial charge is 0.381 e. The summed E-state index contributed by atoms with van der Waals surface area (Å²) in [6, 6.07) is 6.95. The molecule has 1 aromatic rings. The Morgan fingerprint density at radius 2 is 1.48 bits per heavy atom. The molecule has 1 N–H and O–H groups in total. The molecule has 16 heteroatoms. The highest BCUT2D eigenvalue weighted by molar-refractivity contribution is 8.00. The Morgan fingerprint density at radius 1 is 0.864 bits per heavy atom. The topological polar surface area (TPSA) is 196 Å². The van der Waals surface area contributed by atoms with E-state index in [1.807, 2.05) is 0 Å². The molecule has 15 nitrogen and oxygen atoms in total. The number of nitrogens with one attached hydrogen (secondary N) is 1. The lowest BCUT2D eigenvalue weighted by atomic mass is 9.87. The van der Waals surface area contributed by atoms with E-state index < -0.39 is 89.8 Å². The first-order valence-corrected chi connectivity index (χ1v) is 14.1. The number of esters is 6. The average molecular weight is 642 g/mol. The molecule has 0 aromatic heterocycles. The van der Waals surface area contributed by atoms with Crippen LogP contribution in [0, 0.1) is 0 Å². The Morgan fingerprint density at radius 3 is 1.95 bits per heavy atom. The van der Waals surface area contributed by atoms with Crippen molar-refractivity contribution in [2.75, 3.05) is 13.7 Å². The lowest BCUT2D eigenvalue weighted by Gasteiger charge is -2.51. The zero-order valence-electron chi connectivity index (χ0n) is 25.2.